The van der Waals surface area contributed by atoms with Gasteiger partial charge in [-0.1, -0.05) is 18.7 Å². The molecule has 0 saturated carbocycles. The summed E-state index contributed by atoms with van der Waals surface area (Å²) in [4.78, 5) is 14.7. The summed E-state index contributed by atoms with van der Waals surface area (Å²) in [6.07, 6.45) is 4.83. The van der Waals surface area contributed by atoms with Gasteiger partial charge in [0.2, 0.25) is 0 Å². The number of hydrogen-bond acceptors (Lipinski definition) is 6. The molecule has 21 heavy (non-hydrogen) atoms. The summed E-state index contributed by atoms with van der Waals surface area (Å²) >= 11 is 3.31. The summed E-state index contributed by atoms with van der Waals surface area (Å²) in [7, 11) is 1.99. The topological polar surface area (TPSA) is 55.6 Å². The highest BCUT2D eigenvalue weighted by atomic mass is 32.2. The van der Waals surface area contributed by atoms with Gasteiger partial charge >= 0.3 is 0 Å². The Labute approximate surface area is 131 Å². The molecule has 3 rings (SSSR count). The fourth-order valence-electron chi connectivity index (χ4n) is 1.96. The lowest BCUT2D eigenvalue weighted by atomic mass is 10.3. The van der Waals surface area contributed by atoms with Crippen LogP contribution in [0, 0.1) is 0 Å². The lowest BCUT2D eigenvalue weighted by Crippen LogP contribution is -2.05. The maximum atomic E-state index is 4.67. The van der Waals surface area contributed by atoms with E-state index < -0.39 is 0 Å². The number of anilines is 1. The van der Waals surface area contributed by atoms with Crippen LogP contribution in [-0.4, -0.2) is 26.1 Å². The Morgan fingerprint density at radius 2 is 2.29 bits per heavy atom. The van der Waals surface area contributed by atoms with E-state index in [1.54, 1.807) is 29.3 Å². The van der Waals surface area contributed by atoms with Gasteiger partial charge < -0.3 is 9.88 Å². The number of fused-ring (bicyclic) bond motifs is 1. The van der Waals surface area contributed by atoms with E-state index in [1.165, 1.54) is 0 Å². The van der Waals surface area contributed by atoms with Crippen LogP contribution in [0.25, 0.3) is 10.2 Å². The zero-order valence-electron chi connectivity index (χ0n) is 12.0. The van der Waals surface area contributed by atoms with Crippen LogP contribution < -0.4 is 5.32 Å². The van der Waals surface area contributed by atoms with E-state index in [9.17, 15) is 0 Å². The lowest BCUT2D eigenvalue weighted by Gasteiger charge is -2.07. The molecule has 0 aliphatic carbocycles. The fourth-order valence-corrected chi connectivity index (χ4v) is 3.53. The van der Waals surface area contributed by atoms with Crippen molar-refractivity contribution < 1.29 is 0 Å². The Bertz CT molecular complexity index is 734. The average molecular weight is 319 g/mol. The van der Waals surface area contributed by atoms with Crippen LogP contribution in [0.15, 0.2) is 29.0 Å². The molecule has 7 heteroatoms. The highest BCUT2D eigenvalue weighted by Gasteiger charge is 2.10. The third-order valence-electron chi connectivity index (χ3n) is 3.02. The standard InChI is InChI=1S/C14H17N5S2/c1-3-5-15-12-10-4-8-20-13(10)18-11(17-12)9-21-14-16-6-7-19(14)2/h4,6-8H,3,5,9H2,1-2H3,(H,15,17,18). The number of hydrogen-bond donors (Lipinski definition) is 1. The number of thioether (sulfide) groups is 1. The highest BCUT2D eigenvalue weighted by Crippen LogP contribution is 2.27. The minimum atomic E-state index is 0.722. The predicted octanol–water partition coefficient (Wildman–Crippen LogP) is 3.54. The summed E-state index contributed by atoms with van der Waals surface area (Å²) in [5, 5.41) is 7.55. The van der Waals surface area contributed by atoms with E-state index in [2.05, 4.69) is 38.6 Å². The lowest BCUT2D eigenvalue weighted by molar-refractivity contribution is 0.789. The maximum Gasteiger partial charge on any atom is 0.168 e. The number of rotatable bonds is 6. The second-order valence-corrected chi connectivity index (χ2v) is 6.50. The Kier molecular flexibility index (Phi) is 4.40. The molecule has 0 spiro atoms. The quantitative estimate of drug-likeness (QED) is 0.704. The third kappa shape index (κ3) is 3.19. The van der Waals surface area contributed by atoms with Crippen molar-refractivity contribution >= 4 is 39.1 Å². The summed E-state index contributed by atoms with van der Waals surface area (Å²) in [6, 6.07) is 2.08. The maximum absolute atomic E-state index is 4.67. The van der Waals surface area contributed by atoms with E-state index in [0.717, 1.165) is 45.7 Å². The van der Waals surface area contributed by atoms with Crippen molar-refractivity contribution in [3.8, 4) is 0 Å². The third-order valence-corrected chi connectivity index (χ3v) is 4.88. The fraction of sp³-hybridized carbons (Fsp3) is 0.357. The highest BCUT2D eigenvalue weighted by molar-refractivity contribution is 7.98. The smallest absolute Gasteiger partial charge is 0.168 e. The first-order chi connectivity index (χ1) is 10.3. The molecule has 0 amide bonds. The minimum Gasteiger partial charge on any atom is -0.369 e. The molecule has 0 radical (unpaired) electrons. The first-order valence-corrected chi connectivity index (χ1v) is 8.72. The van der Waals surface area contributed by atoms with Gasteiger partial charge in [0.15, 0.2) is 5.16 Å². The first-order valence-electron chi connectivity index (χ1n) is 6.86. The van der Waals surface area contributed by atoms with Crippen molar-refractivity contribution in [2.75, 3.05) is 11.9 Å². The molecule has 0 atom stereocenters. The van der Waals surface area contributed by atoms with Gasteiger partial charge in [-0.05, 0) is 17.9 Å². The monoisotopic (exact) mass is 319 g/mol. The molecule has 0 aromatic carbocycles. The SMILES string of the molecule is CCCNc1nc(CSc2nccn2C)nc2sccc12. The molecular weight excluding hydrogens is 302 g/mol. The van der Waals surface area contributed by atoms with Crippen LogP contribution in [0.2, 0.25) is 0 Å². The van der Waals surface area contributed by atoms with E-state index in [1.807, 2.05) is 17.8 Å². The van der Waals surface area contributed by atoms with Crippen molar-refractivity contribution in [1.29, 1.82) is 0 Å². The van der Waals surface area contributed by atoms with Crippen LogP contribution in [-0.2, 0) is 12.8 Å². The van der Waals surface area contributed by atoms with E-state index >= 15 is 0 Å². The summed E-state index contributed by atoms with van der Waals surface area (Å²) in [5.74, 6) is 2.51. The molecule has 0 aliphatic rings. The molecule has 110 valence electrons. The second kappa shape index (κ2) is 6.44. The zero-order chi connectivity index (χ0) is 14.7. The van der Waals surface area contributed by atoms with E-state index in [4.69, 9.17) is 0 Å². The number of thiophene rings is 1. The van der Waals surface area contributed by atoms with Gasteiger partial charge in [-0.2, -0.15) is 0 Å². The number of nitrogens with one attached hydrogen (secondary N) is 1. The summed E-state index contributed by atoms with van der Waals surface area (Å²) in [6.45, 7) is 3.07. The number of imidazole rings is 1. The van der Waals surface area contributed by atoms with Crippen molar-refractivity contribution in [3.63, 3.8) is 0 Å². The van der Waals surface area contributed by atoms with Crippen molar-refractivity contribution in [3.05, 3.63) is 29.7 Å². The first kappa shape index (κ1) is 14.3. The van der Waals surface area contributed by atoms with E-state index in [0.29, 0.717) is 0 Å². The molecule has 5 nitrogen and oxygen atoms in total. The van der Waals surface area contributed by atoms with Crippen LogP contribution in [0.4, 0.5) is 5.82 Å². The zero-order valence-corrected chi connectivity index (χ0v) is 13.7. The van der Waals surface area contributed by atoms with Crippen LogP contribution >= 0.6 is 23.1 Å². The van der Waals surface area contributed by atoms with Gasteiger partial charge in [-0.3, -0.25) is 0 Å². The molecule has 0 unspecified atom stereocenters. The minimum absolute atomic E-state index is 0.722. The van der Waals surface area contributed by atoms with Gasteiger partial charge in [0.1, 0.15) is 16.5 Å². The Morgan fingerprint density at radius 3 is 3.05 bits per heavy atom. The van der Waals surface area contributed by atoms with Crippen molar-refractivity contribution in [2.45, 2.75) is 24.3 Å². The normalized spacial score (nSPS) is 11.1. The van der Waals surface area contributed by atoms with Crippen LogP contribution in [0.5, 0.6) is 0 Å². The molecule has 1 N–H and O–H groups in total. The van der Waals surface area contributed by atoms with Gasteiger partial charge in [-0.15, -0.1) is 11.3 Å². The second-order valence-electron chi connectivity index (χ2n) is 4.66. The van der Waals surface area contributed by atoms with Gasteiger partial charge in [0.25, 0.3) is 0 Å². The Morgan fingerprint density at radius 1 is 1.38 bits per heavy atom. The number of nitrogens with zero attached hydrogens (tertiary/aromatic N) is 4. The van der Waals surface area contributed by atoms with E-state index in [-0.39, 0.29) is 0 Å². The number of aromatic nitrogens is 4. The van der Waals surface area contributed by atoms with Crippen molar-refractivity contribution in [1.82, 2.24) is 19.5 Å². The molecule has 0 saturated heterocycles. The van der Waals surface area contributed by atoms with Crippen LogP contribution in [0.1, 0.15) is 19.2 Å². The molecular formula is C14H17N5S2. The molecule has 3 aromatic heterocycles. The Hall–Kier alpha value is -1.60. The van der Waals surface area contributed by atoms with Gasteiger partial charge in [0.05, 0.1) is 11.1 Å². The Balaban J connectivity index is 1.83. The summed E-state index contributed by atoms with van der Waals surface area (Å²) in [5.41, 5.74) is 0. The molecule has 0 fully saturated rings. The van der Waals surface area contributed by atoms with Crippen LogP contribution in [0.3, 0.4) is 0 Å². The largest absolute Gasteiger partial charge is 0.369 e. The molecule has 0 bridgehead atoms. The molecule has 3 aromatic rings. The molecule has 3 heterocycles. The van der Waals surface area contributed by atoms with Gasteiger partial charge in [-0.25, -0.2) is 15.0 Å². The summed E-state index contributed by atoms with van der Waals surface area (Å²) < 4.78 is 2.00. The van der Waals surface area contributed by atoms with Crippen molar-refractivity contribution in [2.24, 2.45) is 7.05 Å². The average Bonchev–Trinajstić information content (AvgIpc) is 3.11. The number of aryl methyl sites for hydroxylation is 1. The predicted molar refractivity (Wildman–Crippen MR) is 89.0 cm³/mol. The molecule has 0 aliphatic heterocycles. The van der Waals surface area contributed by atoms with Gasteiger partial charge in [0, 0.05) is 26.0 Å².